The summed E-state index contributed by atoms with van der Waals surface area (Å²) < 4.78 is 7.43. The first kappa shape index (κ1) is 18.6. The van der Waals surface area contributed by atoms with Crippen molar-refractivity contribution in [3.05, 3.63) is 11.6 Å². The molecule has 2 fully saturated rings. The Morgan fingerprint density at radius 2 is 2.04 bits per heavy atom. The number of carbonyl (C=O) groups is 2. The molecule has 26 heavy (non-hydrogen) atoms. The van der Waals surface area contributed by atoms with Crippen LogP contribution in [0.3, 0.4) is 0 Å². The van der Waals surface area contributed by atoms with Gasteiger partial charge in [0, 0.05) is 39.1 Å². The lowest BCUT2D eigenvalue weighted by Gasteiger charge is -2.32. The molecule has 2 saturated heterocycles. The van der Waals surface area contributed by atoms with E-state index in [1.807, 2.05) is 7.05 Å². The second-order valence-electron chi connectivity index (χ2n) is 6.82. The van der Waals surface area contributed by atoms with Crippen LogP contribution in [-0.2, 0) is 23.1 Å². The Balaban J connectivity index is 1.61. The van der Waals surface area contributed by atoms with Gasteiger partial charge < -0.3 is 25.3 Å². The van der Waals surface area contributed by atoms with Gasteiger partial charge in [-0.2, -0.15) is 0 Å². The largest absolute Gasteiger partial charge is 0.379 e. The van der Waals surface area contributed by atoms with Crippen molar-refractivity contribution in [2.24, 2.45) is 12.8 Å². The van der Waals surface area contributed by atoms with Crippen LogP contribution in [-0.4, -0.2) is 82.4 Å². The molecule has 3 rings (SSSR count). The van der Waals surface area contributed by atoms with E-state index in [0.29, 0.717) is 13.1 Å². The maximum atomic E-state index is 12.2. The number of likely N-dealkylation sites (tertiary alicyclic amines) is 1. The van der Waals surface area contributed by atoms with Crippen LogP contribution in [0.25, 0.3) is 0 Å². The predicted octanol–water partition coefficient (Wildman–Crippen LogP) is -0.978. The van der Waals surface area contributed by atoms with Crippen LogP contribution in [0.2, 0.25) is 0 Å². The number of piperidine rings is 1. The maximum absolute atomic E-state index is 12.2. The molecular weight excluding hydrogens is 338 g/mol. The van der Waals surface area contributed by atoms with Gasteiger partial charge in [0.05, 0.1) is 26.3 Å². The van der Waals surface area contributed by atoms with Gasteiger partial charge >= 0.3 is 6.03 Å². The first-order valence-corrected chi connectivity index (χ1v) is 9.04. The molecule has 2 aliphatic heterocycles. The molecule has 10 heteroatoms. The fourth-order valence-corrected chi connectivity index (χ4v) is 3.52. The summed E-state index contributed by atoms with van der Waals surface area (Å²) in [4.78, 5) is 27.1. The van der Waals surface area contributed by atoms with E-state index in [4.69, 9.17) is 10.5 Å². The lowest BCUT2D eigenvalue weighted by Crippen LogP contribution is -2.45. The Kier molecular flexibility index (Phi) is 6.04. The number of hydrogen-bond acceptors (Lipinski definition) is 6. The average Bonchev–Trinajstić information content (AvgIpc) is 3.01. The number of aromatic nitrogens is 3. The van der Waals surface area contributed by atoms with Crippen LogP contribution in [0.5, 0.6) is 0 Å². The molecule has 0 saturated carbocycles. The maximum Gasteiger partial charge on any atom is 0.312 e. The SMILES string of the molecule is Cn1c(CN2CCOCC2)nnc1[C@@H]1CCCN(C(=O)CNC(N)=O)C1. The van der Waals surface area contributed by atoms with Crippen LogP contribution in [0.15, 0.2) is 0 Å². The lowest BCUT2D eigenvalue weighted by molar-refractivity contribution is -0.131. The monoisotopic (exact) mass is 365 g/mol. The van der Waals surface area contributed by atoms with Crippen molar-refractivity contribution in [3.8, 4) is 0 Å². The molecule has 3 N–H and O–H groups in total. The number of morpholine rings is 1. The molecule has 0 aliphatic carbocycles. The minimum Gasteiger partial charge on any atom is -0.379 e. The van der Waals surface area contributed by atoms with Crippen LogP contribution >= 0.6 is 0 Å². The highest BCUT2D eigenvalue weighted by Gasteiger charge is 2.28. The number of nitrogens with zero attached hydrogens (tertiary/aromatic N) is 5. The molecule has 0 bridgehead atoms. The minimum atomic E-state index is -0.687. The number of amides is 3. The highest BCUT2D eigenvalue weighted by Crippen LogP contribution is 2.26. The van der Waals surface area contributed by atoms with E-state index in [-0.39, 0.29) is 18.4 Å². The third-order valence-corrected chi connectivity index (χ3v) is 5.02. The van der Waals surface area contributed by atoms with Gasteiger partial charge in [-0.05, 0) is 12.8 Å². The van der Waals surface area contributed by atoms with Gasteiger partial charge in [-0.25, -0.2) is 4.79 Å². The van der Waals surface area contributed by atoms with E-state index < -0.39 is 6.03 Å². The van der Waals surface area contributed by atoms with Gasteiger partial charge in [0.1, 0.15) is 11.6 Å². The van der Waals surface area contributed by atoms with Gasteiger partial charge in [0.25, 0.3) is 0 Å². The molecule has 144 valence electrons. The van der Waals surface area contributed by atoms with E-state index >= 15 is 0 Å². The third kappa shape index (κ3) is 4.50. The van der Waals surface area contributed by atoms with Crippen molar-refractivity contribution in [2.75, 3.05) is 45.9 Å². The standard InChI is InChI=1S/C16H27N7O3/c1-21-13(11-22-5-7-26-8-6-22)19-20-15(21)12-3-2-4-23(10-12)14(24)9-18-16(17)25/h12H,2-11H2,1H3,(H3,17,18,25)/t12-/m1/s1. The summed E-state index contributed by atoms with van der Waals surface area (Å²) in [6.45, 7) is 5.28. The molecule has 1 aromatic rings. The molecule has 0 spiro atoms. The molecule has 3 amide bonds. The van der Waals surface area contributed by atoms with Crippen LogP contribution < -0.4 is 11.1 Å². The summed E-state index contributed by atoms with van der Waals surface area (Å²) in [5.41, 5.74) is 5.03. The van der Waals surface area contributed by atoms with Crippen molar-refractivity contribution in [1.29, 1.82) is 0 Å². The highest BCUT2D eigenvalue weighted by atomic mass is 16.5. The van der Waals surface area contributed by atoms with E-state index in [2.05, 4.69) is 25.0 Å². The summed E-state index contributed by atoms with van der Waals surface area (Å²) in [6.07, 6.45) is 1.87. The van der Waals surface area contributed by atoms with Gasteiger partial charge in [0.2, 0.25) is 5.91 Å². The van der Waals surface area contributed by atoms with Crippen LogP contribution in [0, 0.1) is 0 Å². The second-order valence-corrected chi connectivity index (χ2v) is 6.82. The average molecular weight is 365 g/mol. The van der Waals surface area contributed by atoms with Crippen LogP contribution in [0.4, 0.5) is 4.79 Å². The smallest absolute Gasteiger partial charge is 0.312 e. The van der Waals surface area contributed by atoms with E-state index in [9.17, 15) is 9.59 Å². The lowest BCUT2D eigenvalue weighted by atomic mass is 9.97. The zero-order chi connectivity index (χ0) is 18.5. The van der Waals surface area contributed by atoms with Crippen molar-refractivity contribution in [3.63, 3.8) is 0 Å². The van der Waals surface area contributed by atoms with Crippen LogP contribution in [0.1, 0.15) is 30.4 Å². The molecule has 0 unspecified atom stereocenters. The Morgan fingerprint density at radius 1 is 1.27 bits per heavy atom. The molecule has 1 atom stereocenters. The van der Waals surface area contributed by atoms with Gasteiger partial charge in [-0.1, -0.05) is 0 Å². The fraction of sp³-hybridized carbons (Fsp3) is 0.750. The topological polar surface area (TPSA) is 119 Å². The fourth-order valence-electron chi connectivity index (χ4n) is 3.52. The van der Waals surface area contributed by atoms with Gasteiger partial charge in [-0.3, -0.25) is 9.69 Å². The summed E-state index contributed by atoms with van der Waals surface area (Å²) in [5, 5.41) is 11.1. The van der Waals surface area contributed by atoms with Gasteiger partial charge in [-0.15, -0.1) is 10.2 Å². The van der Waals surface area contributed by atoms with E-state index in [1.54, 1.807) is 4.90 Å². The quantitative estimate of drug-likeness (QED) is 0.692. The number of nitrogens with two attached hydrogens (primary N) is 1. The minimum absolute atomic E-state index is 0.0663. The Bertz CT molecular complexity index is 642. The highest BCUT2D eigenvalue weighted by molar-refractivity contribution is 5.83. The molecule has 10 nitrogen and oxygen atoms in total. The van der Waals surface area contributed by atoms with Crippen molar-refractivity contribution >= 4 is 11.9 Å². The Hall–Kier alpha value is -2.20. The third-order valence-electron chi connectivity index (χ3n) is 5.02. The predicted molar refractivity (Wildman–Crippen MR) is 93.2 cm³/mol. The molecule has 1 aromatic heterocycles. The zero-order valence-corrected chi connectivity index (χ0v) is 15.2. The normalized spacial score (nSPS) is 21.6. The molecule has 0 radical (unpaired) electrons. The van der Waals surface area contributed by atoms with Crippen molar-refractivity contribution in [2.45, 2.75) is 25.3 Å². The van der Waals surface area contributed by atoms with Gasteiger partial charge in [0.15, 0.2) is 0 Å². The number of primary amides is 1. The number of carbonyl (C=O) groups excluding carboxylic acids is 2. The number of ether oxygens (including phenoxy) is 1. The molecular formula is C16H27N7O3. The number of nitrogens with one attached hydrogen (secondary N) is 1. The molecule has 0 aromatic carbocycles. The summed E-state index contributed by atoms with van der Waals surface area (Å²) in [6, 6.07) is -0.687. The second kappa shape index (κ2) is 8.45. The summed E-state index contributed by atoms with van der Waals surface area (Å²) >= 11 is 0. The summed E-state index contributed by atoms with van der Waals surface area (Å²) in [7, 11) is 1.99. The number of urea groups is 1. The Labute approximate surface area is 152 Å². The summed E-state index contributed by atoms with van der Waals surface area (Å²) in [5.74, 6) is 1.87. The van der Waals surface area contributed by atoms with E-state index in [1.165, 1.54) is 0 Å². The first-order chi connectivity index (χ1) is 12.5. The number of rotatable bonds is 5. The van der Waals surface area contributed by atoms with Crippen molar-refractivity contribution < 1.29 is 14.3 Å². The Morgan fingerprint density at radius 3 is 2.77 bits per heavy atom. The van der Waals surface area contributed by atoms with Crippen molar-refractivity contribution in [1.82, 2.24) is 29.9 Å². The first-order valence-electron chi connectivity index (χ1n) is 9.04. The molecule has 2 aliphatic rings. The number of hydrogen-bond donors (Lipinski definition) is 2. The molecule has 3 heterocycles. The van der Waals surface area contributed by atoms with E-state index in [0.717, 1.165) is 57.3 Å². The zero-order valence-electron chi connectivity index (χ0n) is 15.2.